The summed E-state index contributed by atoms with van der Waals surface area (Å²) in [5.41, 5.74) is 3.58. The van der Waals surface area contributed by atoms with Crippen LogP contribution in [0.1, 0.15) is 23.2 Å². The van der Waals surface area contributed by atoms with Crippen LogP contribution >= 0.6 is 0 Å². The van der Waals surface area contributed by atoms with Crippen LogP contribution < -0.4 is 4.74 Å². The largest absolute Gasteiger partial charge is 0.478 e. The van der Waals surface area contributed by atoms with Crippen molar-refractivity contribution in [3.8, 4) is 5.75 Å². The molecule has 1 atom stereocenters. The molecule has 1 aromatic heterocycles. The van der Waals surface area contributed by atoms with Gasteiger partial charge < -0.3 is 9.47 Å². The van der Waals surface area contributed by atoms with E-state index in [1.807, 2.05) is 13.0 Å². The monoisotopic (exact) mass is 443 g/mol. The Morgan fingerprint density at radius 2 is 2.06 bits per heavy atom. The molecule has 9 heteroatoms. The Hall–Kier alpha value is -3.07. The number of esters is 1. The zero-order chi connectivity index (χ0) is 22.2. The van der Waals surface area contributed by atoms with E-state index in [2.05, 4.69) is 14.3 Å². The predicted octanol–water partition coefficient (Wildman–Crippen LogP) is 3.72. The van der Waals surface area contributed by atoms with Crippen molar-refractivity contribution in [2.45, 2.75) is 25.9 Å². The molecule has 31 heavy (non-hydrogen) atoms. The number of hydrogen-bond acceptors (Lipinski definition) is 7. The summed E-state index contributed by atoms with van der Waals surface area (Å²) in [4.78, 5) is 20.6. The molecule has 162 valence electrons. The number of carbonyl (C=O) groups is 1. The minimum atomic E-state index is -2.31. The molecule has 1 saturated heterocycles. The summed E-state index contributed by atoms with van der Waals surface area (Å²) in [6.07, 6.45) is 4.64. The third-order valence-electron chi connectivity index (χ3n) is 4.87. The van der Waals surface area contributed by atoms with Gasteiger partial charge in [0.05, 0.1) is 23.5 Å². The number of nitrogens with zero attached hydrogens (tertiary/aromatic N) is 3. The Morgan fingerprint density at radius 1 is 1.26 bits per heavy atom. The summed E-state index contributed by atoms with van der Waals surface area (Å²) in [5.74, 6) is -0.613. The zero-order valence-corrected chi connectivity index (χ0v) is 18.2. The van der Waals surface area contributed by atoms with E-state index < -0.39 is 27.6 Å². The van der Waals surface area contributed by atoms with Crippen LogP contribution in [0.25, 0.3) is 10.9 Å². The highest BCUT2D eigenvalue weighted by Crippen LogP contribution is 2.30. The molecule has 0 aliphatic carbocycles. The lowest BCUT2D eigenvalue weighted by atomic mass is 10.0. The molecule has 0 bridgehead atoms. The first kappa shape index (κ1) is 21.2. The molecule has 0 spiro atoms. The van der Waals surface area contributed by atoms with Crippen molar-refractivity contribution in [3.05, 3.63) is 59.3 Å². The van der Waals surface area contributed by atoms with E-state index in [9.17, 15) is 13.4 Å². The second-order valence-electron chi connectivity index (χ2n) is 7.74. The normalized spacial score (nSPS) is 16.4. The van der Waals surface area contributed by atoms with Gasteiger partial charge in [0.1, 0.15) is 17.9 Å². The number of cyclic esters (lactones) is 1. The Morgan fingerprint density at radius 3 is 2.77 bits per heavy atom. The van der Waals surface area contributed by atoms with Gasteiger partial charge in [-0.05, 0) is 30.7 Å². The smallest absolute Gasteiger partial charge is 0.347 e. The molecule has 0 saturated carbocycles. The molecule has 7 nitrogen and oxygen atoms in total. The van der Waals surface area contributed by atoms with Gasteiger partial charge in [0, 0.05) is 52.1 Å². The van der Waals surface area contributed by atoms with Crippen molar-refractivity contribution in [2.24, 2.45) is 4.36 Å². The van der Waals surface area contributed by atoms with Crippen LogP contribution in [0.15, 0.2) is 41.0 Å². The highest BCUT2D eigenvalue weighted by molar-refractivity contribution is 7.92. The number of hydrogen-bond donors (Lipinski definition) is 0. The molecule has 1 unspecified atom stereocenters. The first-order chi connectivity index (χ1) is 14.7. The molecule has 0 N–H and O–H groups in total. The van der Waals surface area contributed by atoms with Crippen LogP contribution in [0.3, 0.4) is 0 Å². The van der Waals surface area contributed by atoms with Crippen LogP contribution in [0.5, 0.6) is 5.75 Å². The van der Waals surface area contributed by atoms with E-state index >= 15 is 0 Å². The van der Waals surface area contributed by atoms with E-state index in [0.717, 1.165) is 16.6 Å². The van der Waals surface area contributed by atoms with Crippen molar-refractivity contribution in [3.63, 3.8) is 0 Å². The minimum Gasteiger partial charge on any atom is -0.478 e. The highest BCUT2D eigenvalue weighted by Gasteiger charge is 2.29. The van der Waals surface area contributed by atoms with E-state index in [1.54, 1.807) is 24.6 Å². The predicted molar refractivity (Wildman–Crippen MR) is 116 cm³/mol. The van der Waals surface area contributed by atoms with Gasteiger partial charge in [-0.15, -0.1) is 0 Å². The second kappa shape index (κ2) is 8.22. The van der Waals surface area contributed by atoms with Gasteiger partial charge in [0.25, 0.3) is 0 Å². The summed E-state index contributed by atoms with van der Waals surface area (Å²) in [6, 6.07) is 7.87. The van der Waals surface area contributed by atoms with Crippen LogP contribution in [0, 0.1) is 12.7 Å². The molecule has 4 rings (SSSR count). The van der Waals surface area contributed by atoms with Gasteiger partial charge >= 0.3 is 5.97 Å². The van der Waals surface area contributed by atoms with Crippen molar-refractivity contribution < 1.29 is 22.9 Å². The Bertz CT molecular complexity index is 1290. The fourth-order valence-corrected chi connectivity index (χ4v) is 4.21. The number of aromatic nitrogens is 2. The van der Waals surface area contributed by atoms with Gasteiger partial charge in [-0.2, -0.15) is 4.36 Å². The maximum atomic E-state index is 13.9. The number of ether oxygens (including phenoxy) is 2. The molecule has 0 radical (unpaired) electrons. The van der Waals surface area contributed by atoms with Gasteiger partial charge in [-0.25, -0.2) is 23.4 Å². The second-order valence-corrected chi connectivity index (χ2v) is 10.3. The third kappa shape index (κ3) is 4.82. The van der Waals surface area contributed by atoms with Crippen molar-refractivity contribution in [1.29, 1.82) is 0 Å². The molecule has 2 aromatic carbocycles. The number of carbonyl (C=O) groups excluding carboxylic acids is 1. The number of aryl methyl sites for hydroxylation is 1. The van der Waals surface area contributed by atoms with Gasteiger partial charge in [-0.3, -0.25) is 0 Å². The quantitative estimate of drug-likeness (QED) is 0.558. The number of fused-ring (bicyclic) bond motifs is 1. The standard InChI is InChI=1S/C22H22FN3O4S/c1-13-8-16(26-31(2,3)28)11-18-21(13)17(24-12-25-18)9-14-4-5-15(23)10-20(14)30-19-6-7-29-22(19)27/h4-5,8,10-12,19H,6-7,9H2,1-3H3. The Kier molecular flexibility index (Phi) is 5.62. The SMILES string of the molecule is Cc1cc(N=S(C)(C)=O)cc2ncnc(Cc3ccc(F)cc3OC3CCOC3=O)c12. The van der Waals surface area contributed by atoms with E-state index in [-0.39, 0.29) is 5.75 Å². The molecule has 1 fully saturated rings. The van der Waals surface area contributed by atoms with Crippen LogP contribution in [-0.2, 0) is 25.7 Å². The van der Waals surface area contributed by atoms with Crippen LogP contribution in [0.2, 0.25) is 0 Å². The molecule has 1 aliphatic rings. The fourth-order valence-electron chi connectivity index (χ4n) is 3.60. The summed E-state index contributed by atoms with van der Waals surface area (Å²) >= 11 is 0. The van der Waals surface area contributed by atoms with E-state index in [1.165, 1.54) is 18.5 Å². The van der Waals surface area contributed by atoms with Crippen LogP contribution in [0.4, 0.5) is 10.1 Å². The molecular weight excluding hydrogens is 421 g/mol. The van der Waals surface area contributed by atoms with Crippen molar-refractivity contribution in [1.82, 2.24) is 9.97 Å². The molecule has 3 aromatic rings. The lowest BCUT2D eigenvalue weighted by Gasteiger charge is -2.15. The van der Waals surface area contributed by atoms with Crippen molar-refractivity contribution >= 4 is 32.3 Å². The molecule has 0 amide bonds. The Labute approximate surface area is 179 Å². The number of halogens is 1. The summed E-state index contributed by atoms with van der Waals surface area (Å²) < 4.78 is 40.9. The van der Waals surface area contributed by atoms with Crippen molar-refractivity contribution in [2.75, 3.05) is 19.1 Å². The van der Waals surface area contributed by atoms with Gasteiger partial charge in [0.15, 0.2) is 6.10 Å². The number of rotatable bonds is 5. The minimum absolute atomic E-state index is 0.289. The molecular formula is C22H22FN3O4S. The van der Waals surface area contributed by atoms with Gasteiger partial charge in [-0.1, -0.05) is 6.07 Å². The lowest BCUT2D eigenvalue weighted by Crippen LogP contribution is -2.22. The fraction of sp³-hybridized carbons (Fsp3) is 0.318. The molecule has 1 aliphatic heterocycles. The summed E-state index contributed by atoms with van der Waals surface area (Å²) in [5, 5.41) is 0.843. The zero-order valence-electron chi connectivity index (χ0n) is 17.4. The summed E-state index contributed by atoms with van der Waals surface area (Å²) in [6.45, 7) is 2.21. The molecule has 2 heterocycles. The summed E-state index contributed by atoms with van der Waals surface area (Å²) in [7, 11) is -2.31. The Balaban J connectivity index is 1.74. The average Bonchev–Trinajstić information content (AvgIpc) is 3.07. The average molecular weight is 444 g/mol. The van der Waals surface area contributed by atoms with Gasteiger partial charge in [0.2, 0.25) is 0 Å². The topological polar surface area (TPSA) is 90.7 Å². The first-order valence-electron chi connectivity index (χ1n) is 9.73. The maximum absolute atomic E-state index is 13.9. The first-order valence-corrected chi connectivity index (χ1v) is 12.1. The van der Waals surface area contributed by atoms with E-state index in [4.69, 9.17) is 9.47 Å². The van der Waals surface area contributed by atoms with E-state index in [0.29, 0.717) is 36.2 Å². The third-order valence-corrected chi connectivity index (χ3v) is 5.52. The lowest BCUT2D eigenvalue weighted by molar-refractivity contribution is -0.143. The van der Waals surface area contributed by atoms with Crippen LogP contribution in [-0.4, -0.2) is 45.4 Å². The maximum Gasteiger partial charge on any atom is 0.347 e. The number of benzene rings is 2. The highest BCUT2D eigenvalue weighted by atomic mass is 32.2.